The number of aliphatic hydroxyl groups excluding tert-OH is 1. The molecule has 2 rings (SSSR count). The first-order chi connectivity index (χ1) is 11.0. The Balaban J connectivity index is 1.82. The van der Waals surface area contributed by atoms with Gasteiger partial charge < -0.3 is 10.4 Å². The fourth-order valence-corrected chi connectivity index (χ4v) is 3.54. The van der Waals surface area contributed by atoms with Gasteiger partial charge in [-0.15, -0.1) is 0 Å². The van der Waals surface area contributed by atoms with Crippen LogP contribution >= 0.6 is 0 Å². The molecule has 1 saturated heterocycles. The van der Waals surface area contributed by atoms with Gasteiger partial charge >= 0.3 is 0 Å². The van der Waals surface area contributed by atoms with Crippen LogP contribution in [-0.2, 0) is 13.1 Å². The Bertz CT molecular complexity index is 453. The van der Waals surface area contributed by atoms with E-state index >= 15 is 0 Å². The van der Waals surface area contributed by atoms with Crippen LogP contribution in [0.25, 0.3) is 0 Å². The number of nitrogens with one attached hydrogen (secondary N) is 1. The van der Waals surface area contributed by atoms with Crippen LogP contribution in [-0.4, -0.2) is 35.7 Å². The topological polar surface area (TPSA) is 35.5 Å². The highest BCUT2D eigenvalue weighted by Crippen LogP contribution is 2.17. The highest BCUT2D eigenvalue weighted by molar-refractivity contribution is 5.27. The van der Waals surface area contributed by atoms with Crippen molar-refractivity contribution in [3.05, 3.63) is 35.4 Å². The number of nitrogens with zero attached hydrogens (tertiary/aromatic N) is 1. The third-order valence-corrected chi connectivity index (χ3v) is 4.75. The molecule has 0 amide bonds. The van der Waals surface area contributed by atoms with Gasteiger partial charge in [-0.2, -0.15) is 0 Å². The number of benzene rings is 1. The summed E-state index contributed by atoms with van der Waals surface area (Å²) in [6, 6.07) is 8.77. The van der Waals surface area contributed by atoms with Crippen molar-refractivity contribution in [3.8, 4) is 0 Å². The molecule has 2 N–H and O–H groups in total. The molecular formula is C20H34N2O. The maximum absolute atomic E-state index is 9.64. The van der Waals surface area contributed by atoms with Gasteiger partial charge in [0.15, 0.2) is 0 Å². The molecule has 0 radical (unpaired) electrons. The van der Waals surface area contributed by atoms with Gasteiger partial charge in [-0.1, -0.05) is 45.0 Å². The van der Waals surface area contributed by atoms with Crippen LogP contribution in [0.4, 0.5) is 0 Å². The van der Waals surface area contributed by atoms with Gasteiger partial charge in [0, 0.05) is 26.2 Å². The molecule has 0 aromatic heterocycles. The summed E-state index contributed by atoms with van der Waals surface area (Å²) in [6.45, 7) is 12.0. The standard InChI is InChI=1S/C20H34N2O/c1-16(2)12-17(3)13-21-14-18-6-4-5-7-19(18)15-22-10-8-20(23)9-11-22/h4-7,16-17,20-21,23H,8-15H2,1-3H3. The molecule has 1 heterocycles. The average Bonchev–Trinajstić information content (AvgIpc) is 2.50. The van der Waals surface area contributed by atoms with Crippen LogP contribution in [0.3, 0.4) is 0 Å². The molecular weight excluding hydrogens is 284 g/mol. The van der Waals surface area contributed by atoms with Crippen LogP contribution in [0.15, 0.2) is 24.3 Å². The molecule has 1 unspecified atom stereocenters. The fraction of sp³-hybridized carbons (Fsp3) is 0.700. The van der Waals surface area contributed by atoms with Crippen LogP contribution in [0.2, 0.25) is 0 Å². The minimum Gasteiger partial charge on any atom is -0.393 e. The predicted octanol–water partition coefficient (Wildman–Crippen LogP) is 3.42. The molecule has 130 valence electrons. The molecule has 0 bridgehead atoms. The Morgan fingerprint density at radius 2 is 1.78 bits per heavy atom. The minimum atomic E-state index is -0.0920. The smallest absolute Gasteiger partial charge is 0.0564 e. The zero-order valence-corrected chi connectivity index (χ0v) is 15.1. The molecule has 1 aromatic rings. The van der Waals surface area contributed by atoms with Crippen molar-refractivity contribution in [1.29, 1.82) is 0 Å². The molecule has 0 saturated carbocycles. The van der Waals surface area contributed by atoms with Gasteiger partial charge in [0.1, 0.15) is 0 Å². The summed E-state index contributed by atoms with van der Waals surface area (Å²) in [5, 5.41) is 13.3. The van der Waals surface area contributed by atoms with E-state index < -0.39 is 0 Å². The first kappa shape index (κ1) is 18.4. The number of hydrogen-bond acceptors (Lipinski definition) is 3. The molecule has 0 spiro atoms. The van der Waals surface area contributed by atoms with Gasteiger partial charge in [-0.25, -0.2) is 0 Å². The van der Waals surface area contributed by atoms with Gasteiger partial charge in [0.05, 0.1) is 6.10 Å². The highest BCUT2D eigenvalue weighted by atomic mass is 16.3. The molecule has 1 aromatic carbocycles. The second-order valence-corrected chi connectivity index (χ2v) is 7.64. The van der Waals surface area contributed by atoms with Crippen molar-refractivity contribution >= 4 is 0 Å². The number of hydrogen-bond donors (Lipinski definition) is 2. The van der Waals surface area contributed by atoms with E-state index in [1.54, 1.807) is 0 Å². The van der Waals surface area contributed by atoms with Gasteiger partial charge in [-0.05, 0) is 48.8 Å². The second kappa shape index (κ2) is 9.41. The third kappa shape index (κ3) is 6.62. The zero-order chi connectivity index (χ0) is 16.7. The van der Waals surface area contributed by atoms with E-state index in [4.69, 9.17) is 0 Å². The van der Waals surface area contributed by atoms with E-state index in [2.05, 4.69) is 55.3 Å². The molecule has 3 nitrogen and oxygen atoms in total. The summed E-state index contributed by atoms with van der Waals surface area (Å²) in [7, 11) is 0. The summed E-state index contributed by atoms with van der Waals surface area (Å²) < 4.78 is 0. The molecule has 0 aliphatic carbocycles. The molecule has 3 heteroatoms. The quantitative estimate of drug-likeness (QED) is 0.771. The Kier molecular flexibility index (Phi) is 7.54. The van der Waals surface area contributed by atoms with Crippen LogP contribution < -0.4 is 5.32 Å². The summed E-state index contributed by atoms with van der Waals surface area (Å²) in [5.74, 6) is 1.50. The molecule has 23 heavy (non-hydrogen) atoms. The van der Waals surface area contributed by atoms with E-state index in [0.717, 1.165) is 57.4 Å². The number of piperidine rings is 1. The lowest BCUT2D eigenvalue weighted by atomic mass is 9.98. The maximum Gasteiger partial charge on any atom is 0.0564 e. The average molecular weight is 319 g/mol. The van der Waals surface area contributed by atoms with Crippen LogP contribution in [0, 0.1) is 11.8 Å². The maximum atomic E-state index is 9.64. The SMILES string of the molecule is CC(C)CC(C)CNCc1ccccc1CN1CCC(O)CC1. The largest absolute Gasteiger partial charge is 0.393 e. The molecule has 1 fully saturated rings. The Morgan fingerprint density at radius 3 is 2.43 bits per heavy atom. The van der Waals surface area contributed by atoms with Crippen LogP contribution in [0.1, 0.15) is 51.2 Å². The monoisotopic (exact) mass is 318 g/mol. The van der Waals surface area contributed by atoms with Crippen molar-refractivity contribution in [2.75, 3.05) is 19.6 Å². The van der Waals surface area contributed by atoms with E-state index in [9.17, 15) is 5.11 Å². The first-order valence-electron chi connectivity index (χ1n) is 9.22. The fourth-order valence-electron chi connectivity index (χ4n) is 3.54. The second-order valence-electron chi connectivity index (χ2n) is 7.64. The van der Waals surface area contributed by atoms with Gasteiger partial charge in [0.2, 0.25) is 0 Å². The van der Waals surface area contributed by atoms with Gasteiger partial charge in [-0.3, -0.25) is 4.90 Å². The van der Waals surface area contributed by atoms with E-state index in [-0.39, 0.29) is 6.10 Å². The normalized spacial score (nSPS) is 18.5. The lowest BCUT2D eigenvalue weighted by Gasteiger charge is -2.30. The summed E-state index contributed by atoms with van der Waals surface area (Å²) in [6.07, 6.45) is 3.01. The highest BCUT2D eigenvalue weighted by Gasteiger charge is 2.17. The Morgan fingerprint density at radius 1 is 1.13 bits per heavy atom. The lowest BCUT2D eigenvalue weighted by molar-refractivity contribution is 0.0791. The predicted molar refractivity (Wildman–Crippen MR) is 97.3 cm³/mol. The summed E-state index contributed by atoms with van der Waals surface area (Å²) in [5.41, 5.74) is 2.84. The van der Waals surface area contributed by atoms with E-state index in [0.29, 0.717) is 0 Å². The Hall–Kier alpha value is -0.900. The molecule has 1 atom stereocenters. The van der Waals surface area contributed by atoms with Crippen molar-refractivity contribution < 1.29 is 5.11 Å². The van der Waals surface area contributed by atoms with Crippen molar-refractivity contribution in [3.63, 3.8) is 0 Å². The van der Waals surface area contributed by atoms with E-state index in [1.165, 1.54) is 17.5 Å². The van der Waals surface area contributed by atoms with Gasteiger partial charge in [0.25, 0.3) is 0 Å². The van der Waals surface area contributed by atoms with E-state index in [1.807, 2.05) is 0 Å². The van der Waals surface area contributed by atoms with Crippen LogP contribution in [0.5, 0.6) is 0 Å². The summed E-state index contributed by atoms with van der Waals surface area (Å²) in [4.78, 5) is 2.47. The first-order valence-corrected chi connectivity index (χ1v) is 9.22. The number of likely N-dealkylation sites (tertiary alicyclic amines) is 1. The number of rotatable bonds is 8. The minimum absolute atomic E-state index is 0.0920. The van der Waals surface area contributed by atoms with Crippen molar-refractivity contribution in [1.82, 2.24) is 10.2 Å². The third-order valence-electron chi connectivity index (χ3n) is 4.75. The zero-order valence-electron chi connectivity index (χ0n) is 15.1. The molecule has 1 aliphatic rings. The lowest BCUT2D eigenvalue weighted by Crippen LogP contribution is -2.35. The van der Waals surface area contributed by atoms with Crippen molar-refractivity contribution in [2.45, 2.75) is 59.2 Å². The Labute approximate surface area is 142 Å². The number of aliphatic hydroxyl groups is 1. The van der Waals surface area contributed by atoms with Crippen molar-refractivity contribution in [2.24, 2.45) is 11.8 Å². The molecule has 1 aliphatic heterocycles. The summed E-state index contributed by atoms with van der Waals surface area (Å²) >= 11 is 0.